The minimum atomic E-state index is -2.71. The normalized spacial score (nSPS) is 26.1. The Labute approximate surface area is 100 Å². The molecule has 0 aromatic carbocycles. The van der Waals surface area contributed by atoms with Crippen LogP contribution in [0.15, 0.2) is 0 Å². The number of likely N-dealkylation sites (tertiary alicyclic amines) is 1. The third-order valence-corrected chi connectivity index (χ3v) is 3.44. The summed E-state index contributed by atoms with van der Waals surface area (Å²) in [5.41, 5.74) is 0. The van der Waals surface area contributed by atoms with Gasteiger partial charge < -0.3 is 14.7 Å². The van der Waals surface area contributed by atoms with Crippen molar-refractivity contribution in [3.63, 3.8) is 0 Å². The number of amides is 2. The van der Waals surface area contributed by atoms with E-state index in [-0.39, 0.29) is 12.5 Å². The molecule has 0 N–H and O–H groups in total. The summed E-state index contributed by atoms with van der Waals surface area (Å²) in [6, 6.07) is -0.225. The molecule has 0 spiro atoms. The van der Waals surface area contributed by atoms with Crippen molar-refractivity contribution in [3.8, 4) is 0 Å². The molecular weight excluding hydrogens is 228 g/mol. The van der Waals surface area contributed by atoms with Gasteiger partial charge in [-0.2, -0.15) is 0 Å². The molecule has 98 valence electrons. The number of piperazine rings is 1. The largest absolute Gasteiger partial charge is 0.322 e. The summed E-state index contributed by atoms with van der Waals surface area (Å²) in [6.07, 6.45) is 0.298. The number of urea groups is 1. The van der Waals surface area contributed by atoms with E-state index in [1.807, 2.05) is 7.05 Å². The third kappa shape index (κ3) is 3.06. The number of halogens is 2. The lowest BCUT2D eigenvalue weighted by atomic mass is 10.1. The molecule has 0 unspecified atom stereocenters. The molecule has 0 aromatic heterocycles. The van der Waals surface area contributed by atoms with Gasteiger partial charge in [-0.1, -0.05) is 0 Å². The Hall–Kier alpha value is -0.910. The minimum absolute atomic E-state index is 0.0977. The van der Waals surface area contributed by atoms with Crippen molar-refractivity contribution >= 4 is 6.03 Å². The molecule has 17 heavy (non-hydrogen) atoms. The van der Waals surface area contributed by atoms with Crippen LogP contribution in [0, 0.1) is 0 Å². The zero-order valence-corrected chi connectivity index (χ0v) is 10.2. The Morgan fingerprint density at radius 3 is 2.29 bits per heavy atom. The molecular formula is C11H19F2N3O. The van der Waals surface area contributed by atoms with E-state index in [2.05, 4.69) is 4.90 Å². The van der Waals surface area contributed by atoms with E-state index >= 15 is 0 Å². The minimum Gasteiger partial charge on any atom is -0.322 e. The highest BCUT2D eigenvalue weighted by atomic mass is 19.3. The second-order valence-corrected chi connectivity index (χ2v) is 4.95. The van der Waals surface area contributed by atoms with Gasteiger partial charge in [0.15, 0.2) is 0 Å². The van der Waals surface area contributed by atoms with Gasteiger partial charge in [-0.15, -0.1) is 0 Å². The van der Waals surface area contributed by atoms with Crippen LogP contribution >= 0.6 is 0 Å². The van der Waals surface area contributed by atoms with Gasteiger partial charge in [0.25, 0.3) is 5.92 Å². The maximum absolute atomic E-state index is 13.2. The van der Waals surface area contributed by atoms with Crippen molar-refractivity contribution in [2.24, 2.45) is 0 Å². The fraction of sp³-hybridized carbons (Fsp3) is 0.909. The predicted octanol–water partition coefficient (Wildman–Crippen LogP) is 1.08. The number of piperidine rings is 1. The Morgan fingerprint density at radius 2 is 1.71 bits per heavy atom. The van der Waals surface area contributed by atoms with Gasteiger partial charge in [-0.05, 0) is 13.5 Å². The maximum Gasteiger partial charge on any atom is 0.320 e. The van der Waals surface area contributed by atoms with Crippen LogP contribution in [0.1, 0.15) is 12.8 Å². The molecule has 6 heteroatoms. The first-order valence-corrected chi connectivity index (χ1v) is 6.08. The van der Waals surface area contributed by atoms with Gasteiger partial charge in [0.05, 0.1) is 6.54 Å². The van der Waals surface area contributed by atoms with Crippen molar-refractivity contribution in [2.75, 3.05) is 46.3 Å². The number of hydrogen-bond donors (Lipinski definition) is 0. The first-order chi connectivity index (χ1) is 7.98. The number of alkyl halides is 2. The number of carbonyl (C=O) groups is 1. The van der Waals surface area contributed by atoms with E-state index in [0.29, 0.717) is 26.1 Å². The molecule has 2 heterocycles. The molecule has 2 fully saturated rings. The van der Waals surface area contributed by atoms with E-state index in [4.69, 9.17) is 0 Å². The summed E-state index contributed by atoms with van der Waals surface area (Å²) in [6.45, 7) is 2.94. The standard InChI is InChI=1S/C11H19F2N3O/c1-14-5-7-15(8-6-14)10(17)16-4-2-3-11(12,13)9-16/h2-9H2,1H3. The molecule has 2 amide bonds. The molecule has 2 aliphatic rings. The van der Waals surface area contributed by atoms with Crippen LogP contribution in [-0.2, 0) is 0 Å². The van der Waals surface area contributed by atoms with Crippen LogP contribution in [0.5, 0.6) is 0 Å². The smallest absolute Gasteiger partial charge is 0.320 e. The van der Waals surface area contributed by atoms with Crippen molar-refractivity contribution in [2.45, 2.75) is 18.8 Å². The number of nitrogens with zero attached hydrogens (tertiary/aromatic N) is 3. The van der Waals surface area contributed by atoms with Crippen LogP contribution in [0.25, 0.3) is 0 Å². The Kier molecular flexibility index (Phi) is 3.51. The van der Waals surface area contributed by atoms with Crippen molar-refractivity contribution in [1.82, 2.24) is 14.7 Å². The van der Waals surface area contributed by atoms with Crippen LogP contribution in [0.3, 0.4) is 0 Å². The van der Waals surface area contributed by atoms with Crippen LogP contribution in [0.2, 0.25) is 0 Å². The second-order valence-electron chi connectivity index (χ2n) is 4.95. The summed E-state index contributed by atoms with van der Waals surface area (Å²) in [4.78, 5) is 17.2. The first-order valence-electron chi connectivity index (χ1n) is 6.08. The summed E-state index contributed by atoms with van der Waals surface area (Å²) in [7, 11) is 2.00. The third-order valence-electron chi connectivity index (χ3n) is 3.44. The van der Waals surface area contributed by atoms with E-state index < -0.39 is 12.5 Å². The van der Waals surface area contributed by atoms with E-state index in [1.165, 1.54) is 4.90 Å². The van der Waals surface area contributed by atoms with Crippen molar-refractivity contribution < 1.29 is 13.6 Å². The van der Waals surface area contributed by atoms with Crippen LogP contribution in [-0.4, -0.2) is 73.0 Å². The SMILES string of the molecule is CN1CCN(C(=O)N2CCCC(F)(F)C2)CC1. The monoisotopic (exact) mass is 247 g/mol. The molecule has 2 saturated heterocycles. The molecule has 0 atom stereocenters. The molecule has 2 rings (SSSR count). The quantitative estimate of drug-likeness (QED) is 0.640. The summed E-state index contributed by atoms with van der Waals surface area (Å²) in [5.74, 6) is -2.71. The predicted molar refractivity (Wildman–Crippen MR) is 60.2 cm³/mol. The molecule has 4 nitrogen and oxygen atoms in total. The Bertz CT molecular complexity index is 290. The zero-order chi connectivity index (χ0) is 12.5. The van der Waals surface area contributed by atoms with E-state index in [9.17, 15) is 13.6 Å². The zero-order valence-electron chi connectivity index (χ0n) is 10.2. The average molecular weight is 247 g/mol. The fourth-order valence-corrected chi connectivity index (χ4v) is 2.33. The molecule has 0 radical (unpaired) electrons. The molecule has 0 aliphatic carbocycles. The highest BCUT2D eigenvalue weighted by Gasteiger charge is 2.38. The highest BCUT2D eigenvalue weighted by molar-refractivity contribution is 5.74. The van der Waals surface area contributed by atoms with Gasteiger partial charge in [-0.3, -0.25) is 0 Å². The lowest BCUT2D eigenvalue weighted by Gasteiger charge is -2.39. The number of rotatable bonds is 0. The number of carbonyl (C=O) groups excluding carboxylic acids is 1. The lowest BCUT2D eigenvalue weighted by molar-refractivity contribution is -0.0563. The Balaban J connectivity index is 1.91. The van der Waals surface area contributed by atoms with Gasteiger partial charge >= 0.3 is 6.03 Å². The summed E-state index contributed by atoms with van der Waals surface area (Å²) in [5, 5.41) is 0. The van der Waals surface area contributed by atoms with Gasteiger partial charge in [-0.25, -0.2) is 13.6 Å². The van der Waals surface area contributed by atoms with E-state index in [1.54, 1.807) is 4.90 Å². The van der Waals surface area contributed by atoms with Crippen LogP contribution in [0.4, 0.5) is 13.6 Å². The molecule has 2 aliphatic heterocycles. The average Bonchev–Trinajstić information content (AvgIpc) is 2.28. The maximum atomic E-state index is 13.2. The van der Waals surface area contributed by atoms with Gasteiger partial charge in [0.1, 0.15) is 0 Å². The highest BCUT2D eigenvalue weighted by Crippen LogP contribution is 2.27. The lowest BCUT2D eigenvalue weighted by Crippen LogP contribution is -2.55. The summed E-state index contributed by atoms with van der Waals surface area (Å²) < 4.78 is 26.4. The molecule has 0 saturated carbocycles. The van der Waals surface area contributed by atoms with E-state index in [0.717, 1.165) is 13.1 Å². The van der Waals surface area contributed by atoms with Gasteiger partial charge in [0.2, 0.25) is 0 Å². The second kappa shape index (κ2) is 4.76. The topological polar surface area (TPSA) is 26.8 Å². The molecule has 0 bridgehead atoms. The first kappa shape index (κ1) is 12.5. The number of likely N-dealkylation sites (N-methyl/N-ethyl adjacent to an activating group) is 1. The fourth-order valence-electron chi connectivity index (χ4n) is 2.33. The van der Waals surface area contributed by atoms with Crippen LogP contribution < -0.4 is 0 Å². The summed E-state index contributed by atoms with van der Waals surface area (Å²) >= 11 is 0. The number of hydrogen-bond acceptors (Lipinski definition) is 2. The van der Waals surface area contributed by atoms with Gasteiger partial charge in [0, 0.05) is 39.1 Å². The molecule has 0 aromatic rings. The van der Waals surface area contributed by atoms with Crippen molar-refractivity contribution in [1.29, 1.82) is 0 Å². The van der Waals surface area contributed by atoms with Crippen molar-refractivity contribution in [3.05, 3.63) is 0 Å². The Morgan fingerprint density at radius 1 is 1.06 bits per heavy atom.